The lowest BCUT2D eigenvalue weighted by Gasteiger charge is -2.41. The van der Waals surface area contributed by atoms with E-state index in [4.69, 9.17) is 32.7 Å². The molecule has 2 fully saturated rings. The zero-order valence-electron chi connectivity index (χ0n) is 25.0. The Morgan fingerprint density at radius 2 is 1.67 bits per heavy atom. The molecule has 6 rings (SSSR count). The van der Waals surface area contributed by atoms with Gasteiger partial charge in [-0.1, -0.05) is 53.5 Å². The lowest BCUT2D eigenvalue weighted by atomic mass is 9.83. The van der Waals surface area contributed by atoms with Gasteiger partial charge in [-0.3, -0.25) is 4.79 Å². The second kappa shape index (κ2) is 12.9. The lowest BCUT2D eigenvalue weighted by Crippen LogP contribution is -2.60. The summed E-state index contributed by atoms with van der Waals surface area (Å²) >= 11 is 12.6. The minimum Gasteiger partial charge on any atom is -0.490 e. The van der Waals surface area contributed by atoms with Gasteiger partial charge in [0.1, 0.15) is 19.0 Å². The molecular weight excluding hydrogens is 581 g/mol. The summed E-state index contributed by atoms with van der Waals surface area (Å²) in [6.07, 6.45) is 2.94. The van der Waals surface area contributed by atoms with Gasteiger partial charge in [-0.15, -0.1) is 0 Å². The highest BCUT2D eigenvalue weighted by Crippen LogP contribution is 2.37. The van der Waals surface area contributed by atoms with E-state index in [1.165, 1.54) is 16.7 Å². The van der Waals surface area contributed by atoms with Gasteiger partial charge in [0.25, 0.3) is 5.91 Å². The number of piperazine rings is 1. The molecule has 2 bridgehead atoms. The van der Waals surface area contributed by atoms with Crippen molar-refractivity contribution in [2.45, 2.75) is 64.7 Å². The van der Waals surface area contributed by atoms with Crippen molar-refractivity contribution in [2.75, 3.05) is 26.3 Å². The van der Waals surface area contributed by atoms with Crippen LogP contribution in [-0.4, -0.2) is 55.2 Å². The molecule has 1 amide bonds. The predicted molar refractivity (Wildman–Crippen MR) is 173 cm³/mol. The van der Waals surface area contributed by atoms with Crippen LogP contribution in [0.1, 0.15) is 47.1 Å². The largest absolute Gasteiger partial charge is 0.490 e. The fourth-order valence-corrected chi connectivity index (χ4v) is 6.90. The third kappa shape index (κ3) is 6.73. The van der Waals surface area contributed by atoms with E-state index >= 15 is 0 Å². The highest BCUT2D eigenvalue weighted by atomic mass is 35.5. The number of ether oxygens (including phenoxy) is 2. The van der Waals surface area contributed by atoms with E-state index in [0.29, 0.717) is 47.6 Å². The molecule has 1 aliphatic carbocycles. The number of carbonyl (C=O) groups is 1. The Balaban J connectivity index is 1.19. The van der Waals surface area contributed by atoms with Crippen molar-refractivity contribution in [3.05, 3.63) is 98.0 Å². The van der Waals surface area contributed by atoms with Crippen molar-refractivity contribution in [2.24, 2.45) is 0 Å². The summed E-state index contributed by atoms with van der Waals surface area (Å²) in [4.78, 5) is 16.6. The Morgan fingerprint density at radius 1 is 0.953 bits per heavy atom. The number of halogens is 2. The maximum Gasteiger partial charge on any atom is 0.252 e. The van der Waals surface area contributed by atoms with E-state index in [2.05, 4.69) is 59.7 Å². The number of carbonyl (C=O) groups excluding carboxylic acids is 1. The predicted octanol–water partition coefficient (Wildman–Crippen LogP) is 6.65. The summed E-state index contributed by atoms with van der Waals surface area (Å²) < 4.78 is 11.8. The standard InChI is InChI=1S/C35H39Cl2N3O3/c1-21-15-30(36)34(31(37)16-21)43-14-13-42-28-11-7-24(8-12-28)29-17-26-18-38-19-32(39-26)33(29)35(41)40(27-9-10-27)20-25-6-4-5-22(2)23(25)3/h4-8,11-12,15-16,26-27,32,38-39H,9-10,13-14,17-20H2,1-3H3/t26-,32-/m0/s1. The van der Waals surface area contributed by atoms with Crippen LogP contribution >= 0.6 is 23.2 Å². The smallest absolute Gasteiger partial charge is 0.252 e. The number of nitrogens with zero attached hydrogens (tertiary/aromatic N) is 1. The fourth-order valence-electron chi connectivity index (χ4n) is 6.19. The Kier molecular flexibility index (Phi) is 9.01. The molecule has 1 saturated heterocycles. The highest BCUT2D eigenvalue weighted by Gasteiger charge is 2.41. The number of nitrogens with one attached hydrogen (secondary N) is 2. The van der Waals surface area contributed by atoms with Crippen molar-refractivity contribution < 1.29 is 14.3 Å². The first-order valence-electron chi connectivity index (χ1n) is 15.2. The van der Waals surface area contributed by atoms with Crippen LogP contribution < -0.4 is 20.1 Å². The lowest BCUT2D eigenvalue weighted by molar-refractivity contribution is -0.128. The van der Waals surface area contributed by atoms with Crippen LogP contribution in [0.5, 0.6) is 11.5 Å². The molecule has 2 atom stereocenters. The van der Waals surface area contributed by atoms with E-state index in [1.54, 1.807) is 0 Å². The fraction of sp³-hybridized carbons (Fsp3) is 0.400. The molecule has 3 aromatic rings. The molecule has 3 aliphatic rings. The second-order valence-electron chi connectivity index (χ2n) is 12.0. The Bertz CT molecular complexity index is 1510. The van der Waals surface area contributed by atoms with Gasteiger partial charge in [-0.2, -0.15) is 0 Å². The number of hydrogen-bond acceptors (Lipinski definition) is 5. The Morgan fingerprint density at radius 3 is 2.40 bits per heavy atom. The molecule has 3 aromatic carbocycles. The maximum atomic E-state index is 14.4. The summed E-state index contributed by atoms with van der Waals surface area (Å²) in [6, 6.07) is 18.7. The summed E-state index contributed by atoms with van der Waals surface area (Å²) in [5, 5.41) is 8.24. The van der Waals surface area contributed by atoms with E-state index in [-0.39, 0.29) is 11.9 Å². The van der Waals surface area contributed by atoms with Gasteiger partial charge < -0.3 is 25.0 Å². The summed E-state index contributed by atoms with van der Waals surface area (Å²) in [7, 11) is 0. The molecule has 226 valence electrons. The van der Waals surface area contributed by atoms with Crippen LogP contribution in [0.4, 0.5) is 0 Å². The molecule has 1 saturated carbocycles. The van der Waals surface area contributed by atoms with Crippen molar-refractivity contribution in [1.82, 2.24) is 15.5 Å². The maximum absolute atomic E-state index is 14.4. The number of benzene rings is 3. The minimum atomic E-state index is -0.0108. The van der Waals surface area contributed by atoms with Gasteiger partial charge >= 0.3 is 0 Å². The normalized spacial score (nSPS) is 19.7. The first-order valence-corrected chi connectivity index (χ1v) is 15.9. The summed E-state index contributed by atoms with van der Waals surface area (Å²) in [6.45, 7) is 9.18. The van der Waals surface area contributed by atoms with Crippen molar-refractivity contribution in [3.63, 3.8) is 0 Å². The molecule has 43 heavy (non-hydrogen) atoms. The molecular formula is C35H39Cl2N3O3. The molecule has 2 N–H and O–H groups in total. The van der Waals surface area contributed by atoms with Gasteiger partial charge in [0.2, 0.25) is 0 Å². The van der Waals surface area contributed by atoms with Crippen molar-refractivity contribution in [1.29, 1.82) is 0 Å². The monoisotopic (exact) mass is 619 g/mol. The number of aryl methyl sites for hydroxylation is 2. The molecule has 0 unspecified atom stereocenters. The third-order valence-electron chi connectivity index (χ3n) is 8.78. The molecule has 2 heterocycles. The average molecular weight is 621 g/mol. The van der Waals surface area contributed by atoms with Gasteiger partial charge in [0.05, 0.1) is 16.1 Å². The minimum absolute atomic E-state index is 0.0108. The van der Waals surface area contributed by atoms with Gasteiger partial charge in [-0.05, 0) is 97.7 Å². The van der Waals surface area contributed by atoms with Crippen LogP contribution in [0.2, 0.25) is 10.0 Å². The molecule has 0 aromatic heterocycles. The summed E-state index contributed by atoms with van der Waals surface area (Å²) in [5.41, 5.74) is 7.85. The first kappa shape index (κ1) is 30.0. The molecule has 0 radical (unpaired) electrons. The molecule has 0 spiro atoms. The van der Waals surface area contributed by atoms with Crippen LogP contribution in [0.15, 0.2) is 60.2 Å². The van der Waals surface area contributed by atoms with Crippen molar-refractivity contribution in [3.8, 4) is 11.5 Å². The Labute approximate surface area is 264 Å². The van der Waals surface area contributed by atoms with E-state index in [0.717, 1.165) is 60.4 Å². The molecule has 2 aliphatic heterocycles. The zero-order valence-corrected chi connectivity index (χ0v) is 26.5. The highest BCUT2D eigenvalue weighted by molar-refractivity contribution is 6.37. The van der Waals surface area contributed by atoms with Crippen LogP contribution in [0.3, 0.4) is 0 Å². The number of rotatable bonds is 10. The van der Waals surface area contributed by atoms with E-state index < -0.39 is 0 Å². The van der Waals surface area contributed by atoms with Gasteiger partial charge in [0, 0.05) is 37.3 Å². The van der Waals surface area contributed by atoms with Crippen LogP contribution in [-0.2, 0) is 11.3 Å². The number of fused-ring (bicyclic) bond motifs is 2. The van der Waals surface area contributed by atoms with Crippen LogP contribution in [0, 0.1) is 20.8 Å². The molecule has 6 nitrogen and oxygen atoms in total. The number of hydrogen-bond donors (Lipinski definition) is 2. The average Bonchev–Trinajstić information content (AvgIpc) is 3.82. The topological polar surface area (TPSA) is 62.8 Å². The van der Waals surface area contributed by atoms with E-state index in [1.807, 2.05) is 31.2 Å². The first-order chi connectivity index (χ1) is 20.8. The van der Waals surface area contributed by atoms with Gasteiger partial charge in [-0.25, -0.2) is 0 Å². The van der Waals surface area contributed by atoms with Crippen LogP contribution in [0.25, 0.3) is 5.57 Å². The SMILES string of the molecule is Cc1cc(Cl)c(OCCOc2ccc(C3=C(C(=O)N(Cc4cccc(C)c4C)C4CC4)[C@@H]4CNC[C@H](C3)N4)cc2)c(Cl)c1. The molecule has 8 heteroatoms. The second-order valence-corrected chi connectivity index (χ2v) is 12.8. The zero-order chi connectivity index (χ0) is 30.1. The third-order valence-corrected chi connectivity index (χ3v) is 9.34. The Hall–Kier alpha value is -3.03. The quantitative estimate of drug-likeness (QED) is 0.249. The van der Waals surface area contributed by atoms with E-state index in [9.17, 15) is 4.79 Å². The van der Waals surface area contributed by atoms with Gasteiger partial charge in [0.15, 0.2) is 5.75 Å². The summed E-state index contributed by atoms with van der Waals surface area (Å²) in [5.74, 6) is 1.37. The van der Waals surface area contributed by atoms with Crippen molar-refractivity contribution >= 4 is 34.7 Å². The number of amides is 1.